The maximum atomic E-state index is 12.1. The molecule has 1 aromatic carbocycles. The molecule has 114 valence electrons. The van der Waals surface area contributed by atoms with Gasteiger partial charge in [-0.15, -0.1) is 0 Å². The van der Waals surface area contributed by atoms with Crippen LogP contribution < -0.4 is 10.5 Å². The van der Waals surface area contributed by atoms with E-state index in [0.717, 1.165) is 24.0 Å². The number of aryl methyl sites for hydroxylation is 1. The van der Waals surface area contributed by atoms with Crippen molar-refractivity contribution in [1.82, 2.24) is 0 Å². The minimum Gasteiger partial charge on any atom is -0.377 e. The predicted molar refractivity (Wildman–Crippen MR) is 83.5 cm³/mol. The van der Waals surface area contributed by atoms with E-state index in [4.69, 9.17) is 10.5 Å². The Hall–Kier alpha value is -1.55. The van der Waals surface area contributed by atoms with Crippen LogP contribution in [0.15, 0.2) is 18.2 Å². The average molecular weight is 308 g/mol. The van der Waals surface area contributed by atoms with Gasteiger partial charge in [0.15, 0.2) is 0 Å². The van der Waals surface area contributed by atoms with Crippen molar-refractivity contribution in [2.75, 3.05) is 23.6 Å². The highest BCUT2D eigenvalue weighted by Crippen LogP contribution is 2.18. The van der Waals surface area contributed by atoms with Crippen LogP contribution in [0.4, 0.5) is 5.69 Å². The van der Waals surface area contributed by atoms with Gasteiger partial charge in [-0.25, -0.2) is 8.42 Å². The minimum absolute atomic E-state index is 0.000772. The second kappa shape index (κ2) is 6.94. The quantitative estimate of drug-likeness (QED) is 0.820. The first-order chi connectivity index (χ1) is 10.00. The van der Waals surface area contributed by atoms with Gasteiger partial charge in [-0.1, -0.05) is 11.8 Å². The van der Waals surface area contributed by atoms with Crippen molar-refractivity contribution < 1.29 is 13.2 Å². The monoisotopic (exact) mass is 308 g/mol. The maximum Gasteiger partial charge on any atom is 0.235 e. The number of rotatable bonds is 4. The molecule has 1 unspecified atom stereocenters. The summed E-state index contributed by atoms with van der Waals surface area (Å²) in [6.07, 6.45) is 1.53. The Bertz CT molecular complexity index is 653. The van der Waals surface area contributed by atoms with E-state index in [1.165, 1.54) is 0 Å². The second-order valence-corrected chi connectivity index (χ2v) is 6.82. The smallest absolute Gasteiger partial charge is 0.235 e. The van der Waals surface area contributed by atoms with Gasteiger partial charge in [-0.05, 0) is 43.5 Å². The Labute approximate surface area is 125 Å². The number of sulfonamides is 1. The summed E-state index contributed by atoms with van der Waals surface area (Å²) in [6.45, 7) is 2.83. The van der Waals surface area contributed by atoms with Gasteiger partial charge in [0, 0.05) is 17.9 Å². The number of ether oxygens (including phenoxy) is 1. The molecule has 21 heavy (non-hydrogen) atoms. The lowest BCUT2D eigenvalue weighted by Gasteiger charge is -2.12. The fourth-order valence-electron chi connectivity index (χ4n) is 2.26. The van der Waals surface area contributed by atoms with Crippen molar-refractivity contribution in [3.8, 4) is 11.8 Å². The van der Waals surface area contributed by atoms with Crippen molar-refractivity contribution in [3.05, 3.63) is 29.3 Å². The number of anilines is 1. The van der Waals surface area contributed by atoms with E-state index in [9.17, 15) is 8.42 Å². The zero-order chi connectivity index (χ0) is 15.3. The molecule has 1 aromatic rings. The van der Waals surface area contributed by atoms with Gasteiger partial charge in [0.2, 0.25) is 10.0 Å². The van der Waals surface area contributed by atoms with Gasteiger partial charge in [0.05, 0.1) is 18.4 Å². The van der Waals surface area contributed by atoms with E-state index < -0.39 is 10.0 Å². The lowest BCUT2D eigenvalue weighted by molar-refractivity contribution is 0.127. The third-order valence-corrected chi connectivity index (χ3v) is 4.61. The Morgan fingerprint density at radius 2 is 2.29 bits per heavy atom. The van der Waals surface area contributed by atoms with E-state index in [2.05, 4.69) is 16.6 Å². The van der Waals surface area contributed by atoms with E-state index in [1.54, 1.807) is 18.2 Å². The van der Waals surface area contributed by atoms with Gasteiger partial charge in [-0.3, -0.25) is 4.72 Å². The first-order valence-corrected chi connectivity index (χ1v) is 8.57. The van der Waals surface area contributed by atoms with Crippen LogP contribution in [-0.4, -0.2) is 33.4 Å². The molecular formula is C15H20N2O3S. The molecular weight excluding hydrogens is 288 g/mol. The first kappa shape index (κ1) is 15.8. The average Bonchev–Trinajstić information content (AvgIpc) is 2.89. The largest absolute Gasteiger partial charge is 0.377 e. The molecule has 1 saturated heterocycles. The standard InChI is InChI=1S/C15H20N2O3S/c1-12-10-14(7-6-13(12)4-2-8-16)17-21(18,19)11-15-5-3-9-20-15/h6-7,10,15,17H,3,5,8-9,11,16H2,1H3. The van der Waals surface area contributed by atoms with Gasteiger partial charge in [-0.2, -0.15) is 0 Å². The van der Waals surface area contributed by atoms with Gasteiger partial charge >= 0.3 is 0 Å². The highest BCUT2D eigenvalue weighted by molar-refractivity contribution is 7.92. The lowest BCUT2D eigenvalue weighted by Crippen LogP contribution is -2.25. The predicted octanol–water partition coefficient (Wildman–Crippen LogP) is 1.23. The summed E-state index contributed by atoms with van der Waals surface area (Å²) in [7, 11) is -3.40. The Morgan fingerprint density at radius 1 is 1.48 bits per heavy atom. The Kier molecular flexibility index (Phi) is 5.23. The summed E-state index contributed by atoms with van der Waals surface area (Å²) in [5.74, 6) is 5.73. The van der Waals surface area contributed by atoms with Crippen LogP contribution in [0.1, 0.15) is 24.0 Å². The molecule has 0 saturated carbocycles. The number of nitrogens with one attached hydrogen (secondary N) is 1. The van der Waals surface area contributed by atoms with Gasteiger partial charge in [0.1, 0.15) is 0 Å². The number of nitrogens with two attached hydrogens (primary N) is 1. The molecule has 0 radical (unpaired) electrons. The lowest BCUT2D eigenvalue weighted by atomic mass is 10.1. The van der Waals surface area contributed by atoms with Crippen molar-refractivity contribution in [2.24, 2.45) is 5.73 Å². The maximum absolute atomic E-state index is 12.1. The Morgan fingerprint density at radius 3 is 2.90 bits per heavy atom. The molecule has 2 rings (SSSR count). The summed E-state index contributed by atoms with van der Waals surface area (Å²) in [6, 6.07) is 5.27. The molecule has 0 spiro atoms. The summed E-state index contributed by atoms with van der Waals surface area (Å²) in [5, 5.41) is 0. The van der Waals surface area contributed by atoms with Gasteiger partial charge in [0.25, 0.3) is 0 Å². The first-order valence-electron chi connectivity index (χ1n) is 6.92. The van der Waals surface area contributed by atoms with E-state index in [-0.39, 0.29) is 11.9 Å². The zero-order valence-corrected chi connectivity index (χ0v) is 12.9. The molecule has 1 aliphatic rings. The molecule has 0 aromatic heterocycles. The normalized spacial score (nSPS) is 18.1. The molecule has 1 fully saturated rings. The van der Waals surface area contributed by atoms with E-state index >= 15 is 0 Å². The Balaban J connectivity index is 2.06. The van der Waals surface area contributed by atoms with Gasteiger partial charge < -0.3 is 10.5 Å². The summed E-state index contributed by atoms with van der Waals surface area (Å²) >= 11 is 0. The van der Waals surface area contributed by atoms with E-state index in [1.807, 2.05) is 6.92 Å². The molecule has 0 aliphatic carbocycles. The van der Waals surface area contributed by atoms with Crippen molar-refractivity contribution in [1.29, 1.82) is 0 Å². The van der Waals surface area contributed by atoms with Crippen LogP contribution >= 0.6 is 0 Å². The minimum atomic E-state index is -3.40. The number of hydrogen-bond acceptors (Lipinski definition) is 4. The van der Waals surface area contributed by atoms with Crippen molar-refractivity contribution in [2.45, 2.75) is 25.9 Å². The SMILES string of the molecule is Cc1cc(NS(=O)(=O)CC2CCCO2)ccc1C#CCN. The second-order valence-electron chi connectivity index (χ2n) is 5.05. The summed E-state index contributed by atoms with van der Waals surface area (Å²) in [4.78, 5) is 0. The fourth-order valence-corrected chi connectivity index (χ4v) is 3.58. The van der Waals surface area contributed by atoms with Crippen molar-refractivity contribution >= 4 is 15.7 Å². The highest BCUT2D eigenvalue weighted by atomic mass is 32.2. The number of hydrogen-bond donors (Lipinski definition) is 2. The molecule has 6 heteroatoms. The highest BCUT2D eigenvalue weighted by Gasteiger charge is 2.23. The zero-order valence-electron chi connectivity index (χ0n) is 12.1. The fraction of sp³-hybridized carbons (Fsp3) is 0.467. The van der Waals surface area contributed by atoms with Crippen LogP contribution in [0.25, 0.3) is 0 Å². The third kappa shape index (κ3) is 4.74. The van der Waals surface area contributed by atoms with Crippen LogP contribution in [0.3, 0.4) is 0 Å². The molecule has 5 nitrogen and oxygen atoms in total. The topological polar surface area (TPSA) is 81.4 Å². The summed E-state index contributed by atoms with van der Waals surface area (Å²) < 4.78 is 32.1. The molecule has 1 atom stereocenters. The van der Waals surface area contributed by atoms with Crippen molar-refractivity contribution in [3.63, 3.8) is 0 Å². The molecule has 1 aliphatic heterocycles. The van der Waals surface area contributed by atoms with Crippen LogP contribution in [0.5, 0.6) is 0 Å². The molecule has 0 amide bonds. The van der Waals surface area contributed by atoms with E-state index in [0.29, 0.717) is 18.8 Å². The molecule has 0 bridgehead atoms. The molecule has 3 N–H and O–H groups in total. The molecule has 1 heterocycles. The number of benzene rings is 1. The van der Waals surface area contributed by atoms with Crippen LogP contribution in [0.2, 0.25) is 0 Å². The van der Waals surface area contributed by atoms with Crippen LogP contribution in [0, 0.1) is 18.8 Å². The van der Waals surface area contributed by atoms with Crippen LogP contribution in [-0.2, 0) is 14.8 Å². The summed E-state index contributed by atoms with van der Waals surface area (Å²) in [5.41, 5.74) is 7.65. The third-order valence-electron chi connectivity index (χ3n) is 3.25.